The van der Waals surface area contributed by atoms with E-state index in [1.165, 1.54) is 12.8 Å². The molecule has 1 saturated heterocycles. The molecule has 3 rings (SSSR count). The van der Waals surface area contributed by atoms with Gasteiger partial charge in [-0.15, -0.1) is 0 Å². The zero-order valence-corrected chi connectivity index (χ0v) is 19.6. The minimum Gasteiger partial charge on any atom is -0.394 e. The number of fused-ring (bicyclic) bond motifs is 1. The van der Waals surface area contributed by atoms with Gasteiger partial charge >= 0.3 is 0 Å². The van der Waals surface area contributed by atoms with Crippen molar-refractivity contribution >= 4 is 17.5 Å². The summed E-state index contributed by atoms with van der Waals surface area (Å²) in [4.78, 5) is 29.7. The lowest BCUT2D eigenvalue weighted by Gasteiger charge is -2.36. The van der Waals surface area contributed by atoms with Crippen molar-refractivity contribution in [1.82, 2.24) is 10.2 Å². The van der Waals surface area contributed by atoms with Crippen molar-refractivity contribution in [2.75, 3.05) is 37.8 Å². The predicted molar refractivity (Wildman–Crippen MR) is 126 cm³/mol. The summed E-state index contributed by atoms with van der Waals surface area (Å²) in [5.74, 6) is -0.167. The molecule has 0 saturated carbocycles. The number of nitrogens with one attached hydrogen (secondary N) is 1. The van der Waals surface area contributed by atoms with Gasteiger partial charge in [0.05, 0.1) is 6.61 Å². The van der Waals surface area contributed by atoms with Crippen molar-refractivity contribution in [3.63, 3.8) is 0 Å². The van der Waals surface area contributed by atoms with E-state index < -0.39 is 0 Å². The SMILES string of the molecule is CC(=O)N1CCCCCCCN(C2CCOCC2)Cc2cc(C(=O)N[C@@H](C)CO)ccc21. The van der Waals surface area contributed by atoms with Crippen molar-refractivity contribution in [3.05, 3.63) is 29.3 Å². The molecule has 1 aromatic rings. The van der Waals surface area contributed by atoms with Gasteiger partial charge in [-0.25, -0.2) is 0 Å². The molecule has 1 atom stereocenters. The van der Waals surface area contributed by atoms with Gasteiger partial charge < -0.3 is 20.1 Å². The summed E-state index contributed by atoms with van der Waals surface area (Å²) in [6.07, 6.45) is 7.70. The lowest BCUT2D eigenvalue weighted by atomic mass is 10.0. The first-order valence-electron chi connectivity index (χ1n) is 12.1. The fourth-order valence-electron chi connectivity index (χ4n) is 4.69. The topological polar surface area (TPSA) is 82.1 Å². The number of hydrogen-bond acceptors (Lipinski definition) is 5. The van der Waals surface area contributed by atoms with Crippen LogP contribution in [-0.2, 0) is 16.1 Å². The number of anilines is 1. The van der Waals surface area contributed by atoms with Crippen LogP contribution in [0.15, 0.2) is 18.2 Å². The third-order valence-electron chi connectivity index (χ3n) is 6.57. The summed E-state index contributed by atoms with van der Waals surface area (Å²) in [5.41, 5.74) is 2.48. The summed E-state index contributed by atoms with van der Waals surface area (Å²) < 4.78 is 5.59. The van der Waals surface area contributed by atoms with Crippen molar-refractivity contribution in [1.29, 1.82) is 0 Å². The van der Waals surface area contributed by atoms with Gasteiger partial charge in [-0.05, 0) is 62.9 Å². The Labute approximate surface area is 192 Å². The maximum absolute atomic E-state index is 12.7. The van der Waals surface area contributed by atoms with Crippen molar-refractivity contribution in [3.8, 4) is 0 Å². The highest BCUT2D eigenvalue weighted by molar-refractivity contribution is 5.97. The van der Waals surface area contributed by atoms with Crippen LogP contribution in [0.25, 0.3) is 0 Å². The maximum Gasteiger partial charge on any atom is 0.251 e. The Kier molecular flexibility index (Phi) is 9.51. The molecular formula is C25H39N3O4. The van der Waals surface area contributed by atoms with Crippen LogP contribution < -0.4 is 10.2 Å². The number of aliphatic hydroxyl groups excluding tert-OH is 1. The van der Waals surface area contributed by atoms with E-state index in [-0.39, 0.29) is 24.5 Å². The fraction of sp³-hybridized carbons (Fsp3) is 0.680. The predicted octanol–water partition coefficient (Wildman–Crippen LogP) is 3.10. The molecule has 0 aliphatic carbocycles. The molecule has 0 bridgehead atoms. The third-order valence-corrected chi connectivity index (χ3v) is 6.57. The van der Waals surface area contributed by atoms with Gasteiger partial charge in [0.25, 0.3) is 5.91 Å². The molecule has 2 heterocycles. The molecule has 7 nitrogen and oxygen atoms in total. The molecule has 0 unspecified atom stereocenters. The minimum absolute atomic E-state index is 0.0343. The zero-order chi connectivity index (χ0) is 22.9. The van der Waals surface area contributed by atoms with Gasteiger partial charge in [0.1, 0.15) is 0 Å². The summed E-state index contributed by atoms with van der Waals surface area (Å²) >= 11 is 0. The van der Waals surface area contributed by atoms with E-state index in [0.29, 0.717) is 24.7 Å². The van der Waals surface area contributed by atoms with Crippen LogP contribution in [0.1, 0.15) is 74.7 Å². The lowest BCUT2D eigenvalue weighted by molar-refractivity contribution is -0.116. The molecule has 0 radical (unpaired) electrons. The Bertz CT molecular complexity index is 764. The van der Waals surface area contributed by atoms with Crippen LogP contribution in [0.5, 0.6) is 0 Å². The highest BCUT2D eigenvalue weighted by atomic mass is 16.5. The Morgan fingerprint density at radius 2 is 1.81 bits per heavy atom. The Balaban J connectivity index is 1.95. The van der Waals surface area contributed by atoms with Crippen LogP contribution in [0.4, 0.5) is 5.69 Å². The van der Waals surface area contributed by atoms with Gasteiger partial charge in [0.15, 0.2) is 0 Å². The van der Waals surface area contributed by atoms with Crippen molar-refractivity contribution in [2.24, 2.45) is 0 Å². The molecule has 2 N–H and O–H groups in total. The van der Waals surface area contributed by atoms with Crippen molar-refractivity contribution < 1.29 is 19.4 Å². The standard InChI is InChI=1S/C25H39N3O4/c1-19(18-29)26-25(31)21-8-9-24-22(16-21)17-27(23-10-14-32-15-11-23)12-6-4-3-5-7-13-28(24)20(2)30/h8-9,16,19,23,29H,3-7,10-15,17-18H2,1-2H3,(H,26,31)/t19-/m0/s1. The number of carbonyl (C=O) groups excluding carboxylic acids is 2. The van der Waals surface area contributed by atoms with E-state index >= 15 is 0 Å². The van der Waals surface area contributed by atoms with Crippen molar-refractivity contribution in [2.45, 2.75) is 77.4 Å². The van der Waals surface area contributed by atoms with Gasteiger partial charge in [-0.1, -0.05) is 19.3 Å². The van der Waals surface area contributed by atoms with E-state index in [9.17, 15) is 14.7 Å². The molecule has 1 fully saturated rings. The number of nitrogens with zero attached hydrogens (tertiary/aromatic N) is 2. The number of carbonyl (C=O) groups is 2. The molecule has 178 valence electrons. The molecule has 2 aliphatic rings. The Hall–Kier alpha value is -1.96. The fourth-order valence-corrected chi connectivity index (χ4v) is 4.69. The third kappa shape index (κ3) is 6.77. The van der Waals surface area contributed by atoms with Crippen LogP contribution in [0.3, 0.4) is 0 Å². The first-order chi connectivity index (χ1) is 15.5. The van der Waals surface area contributed by atoms with Crippen LogP contribution in [-0.4, -0.2) is 66.8 Å². The monoisotopic (exact) mass is 445 g/mol. The first kappa shape index (κ1) is 24.7. The molecule has 7 heteroatoms. The Morgan fingerprint density at radius 1 is 1.12 bits per heavy atom. The van der Waals surface area contributed by atoms with Crippen LogP contribution >= 0.6 is 0 Å². The number of rotatable bonds is 4. The smallest absolute Gasteiger partial charge is 0.251 e. The molecule has 32 heavy (non-hydrogen) atoms. The second-order valence-electron chi connectivity index (χ2n) is 9.15. The van der Waals surface area contributed by atoms with Gasteiger partial charge in [-0.3, -0.25) is 14.5 Å². The average Bonchev–Trinajstić information content (AvgIpc) is 2.79. The lowest BCUT2D eigenvalue weighted by Crippen LogP contribution is -2.40. The maximum atomic E-state index is 12.7. The number of hydrogen-bond donors (Lipinski definition) is 2. The second-order valence-corrected chi connectivity index (χ2v) is 9.15. The molecule has 2 amide bonds. The summed E-state index contributed by atoms with van der Waals surface area (Å²) in [6.45, 7) is 7.29. The molecule has 2 aliphatic heterocycles. The number of benzene rings is 1. The molecule has 1 aromatic carbocycles. The average molecular weight is 446 g/mol. The quantitative estimate of drug-likeness (QED) is 0.744. The normalized spacial score (nSPS) is 20.5. The molecule has 0 aromatic heterocycles. The van der Waals surface area contributed by atoms with E-state index in [1.807, 2.05) is 17.0 Å². The van der Waals surface area contributed by atoms with E-state index in [0.717, 1.165) is 63.1 Å². The van der Waals surface area contributed by atoms with Gasteiger partial charge in [0.2, 0.25) is 5.91 Å². The number of aliphatic hydroxyl groups is 1. The van der Waals surface area contributed by atoms with E-state index in [2.05, 4.69) is 10.2 Å². The molecule has 0 spiro atoms. The van der Waals surface area contributed by atoms with Gasteiger partial charge in [-0.2, -0.15) is 0 Å². The summed E-state index contributed by atoms with van der Waals surface area (Å²) in [6, 6.07) is 5.79. The van der Waals surface area contributed by atoms with E-state index in [1.54, 1.807) is 19.9 Å². The van der Waals surface area contributed by atoms with Gasteiger partial charge in [0, 0.05) is 56.6 Å². The zero-order valence-electron chi connectivity index (χ0n) is 19.6. The molecular weight excluding hydrogens is 406 g/mol. The summed E-state index contributed by atoms with van der Waals surface area (Å²) in [5, 5.41) is 12.1. The van der Waals surface area contributed by atoms with E-state index in [4.69, 9.17) is 4.74 Å². The summed E-state index contributed by atoms with van der Waals surface area (Å²) in [7, 11) is 0. The van der Waals surface area contributed by atoms with Crippen LogP contribution in [0.2, 0.25) is 0 Å². The minimum atomic E-state index is -0.309. The Morgan fingerprint density at radius 3 is 2.50 bits per heavy atom. The highest BCUT2D eigenvalue weighted by Crippen LogP contribution is 2.28. The first-order valence-corrected chi connectivity index (χ1v) is 12.1. The second kappa shape index (κ2) is 12.3. The van der Waals surface area contributed by atoms with Crippen LogP contribution in [0, 0.1) is 0 Å². The highest BCUT2D eigenvalue weighted by Gasteiger charge is 2.25. The number of amides is 2. The largest absolute Gasteiger partial charge is 0.394 e. The number of ether oxygens (including phenoxy) is 1.